The van der Waals surface area contributed by atoms with Gasteiger partial charge in [-0.15, -0.1) is 0 Å². The van der Waals surface area contributed by atoms with Crippen molar-refractivity contribution in [3.05, 3.63) is 18.2 Å². The third-order valence-electron chi connectivity index (χ3n) is 3.32. The van der Waals surface area contributed by atoms with E-state index in [0.717, 1.165) is 19.0 Å². The molecule has 0 radical (unpaired) electrons. The van der Waals surface area contributed by atoms with Crippen LogP contribution in [0.4, 0.5) is 0 Å². The van der Waals surface area contributed by atoms with E-state index in [2.05, 4.69) is 23.7 Å². The molecular formula is C12H21N3O2. The molecule has 0 aromatic carbocycles. The lowest BCUT2D eigenvalue weighted by Gasteiger charge is -2.28. The van der Waals surface area contributed by atoms with Crippen molar-refractivity contribution in [2.75, 3.05) is 13.7 Å². The fraction of sp³-hybridized carbons (Fsp3) is 0.750. The Bertz CT molecular complexity index is 364. The zero-order valence-electron chi connectivity index (χ0n) is 11.0. The highest BCUT2D eigenvalue weighted by Gasteiger charge is 2.36. The summed E-state index contributed by atoms with van der Waals surface area (Å²) in [5.41, 5.74) is 0. The Balaban J connectivity index is 2.12. The Morgan fingerprint density at radius 3 is 2.88 bits per heavy atom. The zero-order chi connectivity index (χ0) is 12.4. The molecule has 1 fully saturated rings. The molecule has 2 atom stereocenters. The number of methoxy groups -OCH3 is 1. The number of aromatic nitrogens is 2. The van der Waals surface area contributed by atoms with Gasteiger partial charge in [-0.2, -0.15) is 0 Å². The fourth-order valence-electron chi connectivity index (χ4n) is 2.21. The third-order valence-corrected chi connectivity index (χ3v) is 3.32. The van der Waals surface area contributed by atoms with Crippen molar-refractivity contribution in [1.29, 1.82) is 0 Å². The summed E-state index contributed by atoms with van der Waals surface area (Å²) >= 11 is 0. The van der Waals surface area contributed by atoms with Gasteiger partial charge in [-0.1, -0.05) is 13.8 Å². The molecule has 1 aliphatic heterocycles. The van der Waals surface area contributed by atoms with Crippen LogP contribution in [-0.4, -0.2) is 40.6 Å². The normalized spacial score (nSPS) is 25.9. The van der Waals surface area contributed by atoms with Gasteiger partial charge in [0.05, 0.1) is 13.2 Å². The number of ether oxygens (including phenoxy) is 2. The Labute approximate surface area is 102 Å². The first-order valence-corrected chi connectivity index (χ1v) is 5.99. The first kappa shape index (κ1) is 12.5. The predicted octanol–water partition coefficient (Wildman–Crippen LogP) is 1.21. The van der Waals surface area contributed by atoms with Gasteiger partial charge < -0.3 is 14.0 Å². The number of imidazole rings is 1. The van der Waals surface area contributed by atoms with E-state index < -0.39 is 0 Å². The molecule has 0 N–H and O–H groups in total. The van der Waals surface area contributed by atoms with Crippen LogP contribution in [0.1, 0.15) is 19.7 Å². The van der Waals surface area contributed by atoms with Gasteiger partial charge in [0.2, 0.25) is 6.41 Å². The average Bonchev–Trinajstić information content (AvgIpc) is 2.86. The smallest absolute Gasteiger partial charge is 0.219 e. The first-order valence-electron chi connectivity index (χ1n) is 5.99. The molecule has 1 aliphatic rings. The standard InChI is InChI=1S/C12H21N3O2/c1-9(2)10-8-17-12(16-4)15(10)7-11-13-5-6-14(11)3/h5-6,9-10,12H,7-8H2,1-4H3/t10-,12?/m1/s1. The van der Waals surface area contributed by atoms with Crippen LogP contribution in [0.15, 0.2) is 12.4 Å². The average molecular weight is 239 g/mol. The Hall–Kier alpha value is -0.910. The Morgan fingerprint density at radius 2 is 2.35 bits per heavy atom. The van der Waals surface area contributed by atoms with E-state index >= 15 is 0 Å². The van der Waals surface area contributed by atoms with Gasteiger partial charge in [-0.25, -0.2) is 9.88 Å². The molecule has 1 saturated heterocycles. The highest BCUT2D eigenvalue weighted by Crippen LogP contribution is 2.24. The van der Waals surface area contributed by atoms with Gasteiger partial charge in [0.25, 0.3) is 0 Å². The molecule has 96 valence electrons. The minimum atomic E-state index is -0.251. The molecule has 0 aliphatic carbocycles. The van der Waals surface area contributed by atoms with Gasteiger partial charge in [0.15, 0.2) is 0 Å². The van der Waals surface area contributed by atoms with Crippen molar-refractivity contribution in [1.82, 2.24) is 14.5 Å². The van der Waals surface area contributed by atoms with E-state index in [-0.39, 0.29) is 6.41 Å². The van der Waals surface area contributed by atoms with E-state index in [9.17, 15) is 0 Å². The highest BCUT2D eigenvalue weighted by atomic mass is 16.7. The second-order valence-corrected chi connectivity index (χ2v) is 4.81. The predicted molar refractivity (Wildman–Crippen MR) is 64.1 cm³/mol. The van der Waals surface area contributed by atoms with E-state index in [4.69, 9.17) is 9.47 Å². The molecule has 1 aromatic rings. The SMILES string of the molecule is COC1OC[C@H](C(C)C)N1Cc1nccn1C. The van der Waals surface area contributed by atoms with Crippen LogP contribution in [0.5, 0.6) is 0 Å². The van der Waals surface area contributed by atoms with Crippen LogP contribution < -0.4 is 0 Å². The van der Waals surface area contributed by atoms with Gasteiger partial charge in [0.1, 0.15) is 5.82 Å². The van der Waals surface area contributed by atoms with Gasteiger partial charge in [0, 0.05) is 32.6 Å². The molecule has 2 heterocycles. The summed E-state index contributed by atoms with van der Waals surface area (Å²) in [6.07, 6.45) is 3.52. The second-order valence-electron chi connectivity index (χ2n) is 4.81. The highest BCUT2D eigenvalue weighted by molar-refractivity contribution is 4.93. The first-order chi connectivity index (χ1) is 8.13. The lowest BCUT2D eigenvalue weighted by molar-refractivity contribution is -0.163. The van der Waals surface area contributed by atoms with Crippen LogP contribution in [0, 0.1) is 5.92 Å². The number of rotatable bonds is 4. The van der Waals surface area contributed by atoms with Crippen LogP contribution in [0.25, 0.3) is 0 Å². The maximum atomic E-state index is 5.64. The summed E-state index contributed by atoms with van der Waals surface area (Å²) in [5, 5.41) is 0. The summed E-state index contributed by atoms with van der Waals surface area (Å²) in [6, 6.07) is 0.386. The second kappa shape index (κ2) is 5.16. The molecule has 0 amide bonds. The lowest BCUT2D eigenvalue weighted by atomic mass is 10.0. The van der Waals surface area contributed by atoms with Crippen molar-refractivity contribution >= 4 is 0 Å². The quantitative estimate of drug-likeness (QED) is 0.791. The van der Waals surface area contributed by atoms with Crippen LogP contribution in [0.3, 0.4) is 0 Å². The lowest BCUT2D eigenvalue weighted by Crippen LogP contribution is -2.40. The number of hydrogen-bond donors (Lipinski definition) is 0. The molecule has 0 saturated carbocycles. The molecule has 5 nitrogen and oxygen atoms in total. The molecular weight excluding hydrogens is 218 g/mol. The molecule has 2 rings (SSSR count). The van der Waals surface area contributed by atoms with Crippen molar-refractivity contribution in [2.24, 2.45) is 13.0 Å². The van der Waals surface area contributed by atoms with Gasteiger partial charge >= 0.3 is 0 Å². The zero-order valence-corrected chi connectivity index (χ0v) is 11.0. The number of nitrogens with zero attached hydrogens (tertiary/aromatic N) is 3. The molecule has 17 heavy (non-hydrogen) atoms. The number of hydrogen-bond acceptors (Lipinski definition) is 4. The van der Waals surface area contributed by atoms with Crippen LogP contribution >= 0.6 is 0 Å². The van der Waals surface area contributed by atoms with Crippen molar-refractivity contribution in [3.8, 4) is 0 Å². The molecule has 1 unspecified atom stereocenters. The summed E-state index contributed by atoms with van der Waals surface area (Å²) in [7, 11) is 3.68. The van der Waals surface area contributed by atoms with Crippen molar-refractivity contribution in [2.45, 2.75) is 32.8 Å². The number of aryl methyl sites for hydroxylation is 1. The molecule has 0 bridgehead atoms. The monoisotopic (exact) mass is 239 g/mol. The minimum Gasteiger partial charge on any atom is -0.343 e. The molecule has 1 aromatic heterocycles. The van der Waals surface area contributed by atoms with Gasteiger partial charge in [-0.3, -0.25) is 0 Å². The topological polar surface area (TPSA) is 39.5 Å². The van der Waals surface area contributed by atoms with E-state index in [0.29, 0.717) is 12.0 Å². The maximum Gasteiger partial charge on any atom is 0.219 e. The fourth-order valence-corrected chi connectivity index (χ4v) is 2.21. The van der Waals surface area contributed by atoms with E-state index in [1.807, 2.05) is 24.0 Å². The van der Waals surface area contributed by atoms with Gasteiger partial charge in [-0.05, 0) is 5.92 Å². The van der Waals surface area contributed by atoms with Crippen LogP contribution in [0.2, 0.25) is 0 Å². The summed E-state index contributed by atoms with van der Waals surface area (Å²) in [5.74, 6) is 1.57. The largest absolute Gasteiger partial charge is 0.343 e. The minimum absolute atomic E-state index is 0.251. The summed E-state index contributed by atoms with van der Waals surface area (Å²) in [4.78, 5) is 6.58. The summed E-state index contributed by atoms with van der Waals surface area (Å²) < 4.78 is 13.0. The van der Waals surface area contributed by atoms with E-state index in [1.54, 1.807) is 7.11 Å². The van der Waals surface area contributed by atoms with E-state index in [1.165, 1.54) is 0 Å². The van der Waals surface area contributed by atoms with Crippen molar-refractivity contribution < 1.29 is 9.47 Å². The Kier molecular flexibility index (Phi) is 3.81. The maximum absolute atomic E-state index is 5.64. The Morgan fingerprint density at radius 1 is 1.59 bits per heavy atom. The third kappa shape index (κ3) is 2.51. The summed E-state index contributed by atoms with van der Waals surface area (Å²) in [6.45, 7) is 5.89. The molecule has 5 heteroatoms. The van der Waals surface area contributed by atoms with Crippen molar-refractivity contribution in [3.63, 3.8) is 0 Å². The van der Waals surface area contributed by atoms with Crippen LogP contribution in [-0.2, 0) is 23.1 Å². The molecule has 0 spiro atoms.